The molecular formula is C28H26Cl2HfNSi. The maximum atomic E-state index is 4.22. The zero-order valence-electron chi connectivity index (χ0n) is 18.5. The molecule has 4 aromatic rings. The molecule has 1 unspecified atom stereocenters. The van der Waals surface area contributed by atoms with E-state index in [9.17, 15) is 0 Å². The minimum Gasteiger partial charge on any atom is -1.00 e. The monoisotopic (exact) mass is 654 g/mol. The van der Waals surface area contributed by atoms with Gasteiger partial charge in [0.1, 0.15) is 0 Å². The summed E-state index contributed by atoms with van der Waals surface area (Å²) < 4.78 is 4.78. The normalized spacial score (nSPS) is 13.6. The summed E-state index contributed by atoms with van der Waals surface area (Å²) in [6.45, 7) is 2.18. The van der Waals surface area contributed by atoms with Gasteiger partial charge in [-0.2, -0.15) is 0 Å². The predicted octanol–water partition coefficient (Wildman–Crippen LogP) is -0.746. The van der Waals surface area contributed by atoms with E-state index in [-0.39, 0.29) is 24.8 Å². The van der Waals surface area contributed by atoms with Crippen LogP contribution in [0.2, 0.25) is 0 Å². The number of allylic oxidation sites excluding steroid dienone is 1. The van der Waals surface area contributed by atoms with Crippen LogP contribution in [0.15, 0.2) is 115 Å². The molecule has 1 aliphatic carbocycles. The summed E-state index contributed by atoms with van der Waals surface area (Å²) in [5.74, 6) is -1.41. The Hall–Kier alpha value is -1.91. The van der Waals surface area contributed by atoms with Crippen molar-refractivity contribution in [1.29, 1.82) is 0 Å². The van der Waals surface area contributed by atoms with Gasteiger partial charge in [-0.25, -0.2) is 0 Å². The van der Waals surface area contributed by atoms with E-state index in [0.717, 1.165) is 0 Å². The number of aryl methyl sites for hydroxylation is 1. The molecule has 33 heavy (non-hydrogen) atoms. The summed E-state index contributed by atoms with van der Waals surface area (Å²) in [5.41, 5.74) is 5.53. The number of anilines is 1. The topological polar surface area (TPSA) is 12.0 Å². The average Bonchev–Trinajstić information content (AvgIpc) is 3.24. The van der Waals surface area contributed by atoms with E-state index in [2.05, 4.69) is 132 Å². The van der Waals surface area contributed by atoms with Gasteiger partial charge in [0.15, 0.2) is 0 Å². The van der Waals surface area contributed by atoms with Crippen LogP contribution in [-0.4, -0.2) is 5.98 Å². The quantitative estimate of drug-likeness (QED) is 0.271. The first-order valence-corrected chi connectivity index (χ1v) is 22.7. The minimum atomic E-state index is -2.52. The van der Waals surface area contributed by atoms with Gasteiger partial charge in [0, 0.05) is 0 Å². The average molecular weight is 654 g/mol. The van der Waals surface area contributed by atoms with Crippen LogP contribution in [0.25, 0.3) is 6.08 Å². The number of halogens is 2. The second kappa shape index (κ2) is 12.0. The largest absolute Gasteiger partial charge is 1.00 e. The van der Waals surface area contributed by atoms with Gasteiger partial charge in [-0.15, -0.1) is 0 Å². The van der Waals surface area contributed by atoms with E-state index in [4.69, 9.17) is 0 Å². The number of nitrogens with one attached hydrogen (secondary N) is 1. The van der Waals surface area contributed by atoms with Gasteiger partial charge in [-0.3, -0.25) is 0 Å². The van der Waals surface area contributed by atoms with Crippen LogP contribution in [0.5, 0.6) is 0 Å². The molecule has 4 aromatic carbocycles. The molecule has 0 bridgehead atoms. The molecule has 0 saturated heterocycles. The van der Waals surface area contributed by atoms with E-state index in [0.29, 0.717) is 3.67 Å². The van der Waals surface area contributed by atoms with Crippen LogP contribution in [0, 0.1) is 6.92 Å². The fraction of sp³-hybridized carbons (Fsp3) is 0.0714. The maximum absolute atomic E-state index is 4.22. The van der Waals surface area contributed by atoms with E-state index >= 15 is 0 Å². The number of benzene rings is 4. The number of hydrogen-bond acceptors (Lipinski definition) is 1. The molecule has 0 amide bonds. The molecule has 0 saturated carbocycles. The molecule has 0 aromatic heterocycles. The van der Waals surface area contributed by atoms with Crippen molar-refractivity contribution in [2.24, 2.45) is 0 Å². The summed E-state index contributed by atoms with van der Waals surface area (Å²) >= 11 is -2.52. The van der Waals surface area contributed by atoms with Crippen LogP contribution >= 0.6 is 0 Å². The predicted molar refractivity (Wildman–Crippen MR) is 132 cm³/mol. The second-order valence-corrected chi connectivity index (χ2v) is 28.1. The number of rotatable bonds is 6. The smallest absolute Gasteiger partial charge is 1.00 e. The molecular weight excluding hydrogens is 628 g/mol. The minimum absolute atomic E-state index is 0. The van der Waals surface area contributed by atoms with Gasteiger partial charge in [-0.1, -0.05) is 0 Å². The Bertz CT molecular complexity index is 1160. The van der Waals surface area contributed by atoms with Crippen molar-refractivity contribution >= 4 is 28.1 Å². The van der Waals surface area contributed by atoms with Gasteiger partial charge < -0.3 is 24.8 Å². The molecule has 0 radical (unpaired) electrons. The fourth-order valence-electron chi connectivity index (χ4n) is 4.58. The summed E-state index contributed by atoms with van der Waals surface area (Å²) in [6.07, 6.45) is 4.85. The van der Waals surface area contributed by atoms with E-state index < -0.39 is 26.9 Å². The Morgan fingerprint density at radius 2 is 1.30 bits per heavy atom. The molecule has 0 aliphatic heterocycles. The molecule has 0 spiro atoms. The van der Waals surface area contributed by atoms with E-state index in [1.807, 2.05) is 0 Å². The third kappa shape index (κ3) is 5.78. The Labute approximate surface area is 218 Å². The first-order chi connectivity index (χ1) is 15.3. The van der Waals surface area contributed by atoms with Crippen molar-refractivity contribution in [3.8, 4) is 0 Å². The Kier molecular flexibility index (Phi) is 9.34. The van der Waals surface area contributed by atoms with Crippen LogP contribution < -0.4 is 38.5 Å². The van der Waals surface area contributed by atoms with Gasteiger partial charge in [-0.05, 0) is 0 Å². The van der Waals surface area contributed by atoms with Crippen molar-refractivity contribution in [2.45, 2.75) is 10.6 Å². The van der Waals surface area contributed by atoms with Crippen LogP contribution in [-0.2, 0) is 20.9 Å². The molecule has 1 nitrogen and oxygen atoms in total. The first-order valence-electron chi connectivity index (χ1n) is 10.9. The molecule has 1 atom stereocenters. The first kappa shape index (κ1) is 25.7. The number of hydrogen-bond donors (Lipinski definition) is 1. The van der Waals surface area contributed by atoms with Crippen molar-refractivity contribution < 1.29 is 45.7 Å². The van der Waals surface area contributed by atoms with Gasteiger partial charge in [0.25, 0.3) is 0 Å². The zero-order chi connectivity index (χ0) is 21.0. The maximum Gasteiger partial charge on any atom is -1.00 e. The molecule has 1 aliphatic rings. The standard InChI is InChI=1S/C12H11Si.C9H7.C7H8N.2ClH.Hf/c1-3-7-11(8-4-1)13-12-9-5-2-6-10-12;1-2-5-9-7-3-6-8(9)4-1;1-6-3-2-4-7(8)5-6;;;/h1-10,13H;1-7H;2-5,8H,1H3;2*1H;/q;;-1;;;+3/p-2. The summed E-state index contributed by atoms with van der Waals surface area (Å²) in [6, 6.07) is 40.6. The molecule has 0 heterocycles. The molecule has 1 N–H and O–H groups in total. The fourth-order valence-corrected chi connectivity index (χ4v) is 34.0. The summed E-state index contributed by atoms with van der Waals surface area (Å²) in [4.78, 5) is 0. The van der Waals surface area contributed by atoms with E-state index in [1.54, 1.807) is 10.4 Å². The van der Waals surface area contributed by atoms with Crippen LogP contribution in [0.3, 0.4) is 0 Å². The van der Waals surface area contributed by atoms with Crippen LogP contribution in [0.4, 0.5) is 5.69 Å². The van der Waals surface area contributed by atoms with Crippen LogP contribution in [0.1, 0.15) is 20.4 Å². The molecule has 0 fully saturated rings. The Morgan fingerprint density at radius 1 is 0.697 bits per heavy atom. The van der Waals surface area contributed by atoms with Crippen molar-refractivity contribution in [2.75, 3.05) is 3.30 Å². The Morgan fingerprint density at radius 3 is 1.94 bits per heavy atom. The van der Waals surface area contributed by atoms with Crippen molar-refractivity contribution in [1.82, 2.24) is 0 Å². The van der Waals surface area contributed by atoms with Gasteiger partial charge in [0.2, 0.25) is 0 Å². The molecule has 5 heteroatoms. The summed E-state index contributed by atoms with van der Waals surface area (Å²) in [7, 11) is 0. The summed E-state index contributed by atoms with van der Waals surface area (Å²) in [5, 5.41) is 3.13. The SMILES string of the molecule is Cc1cccc([NH][Hf+2]([CH]2C=Cc3ccccc32)[SiH](c2ccccc2)c2ccccc2)c1.[Cl-].[Cl-]. The molecule has 5 rings (SSSR count). The second-order valence-electron chi connectivity index (χ2n) is 8.17. The third-order valence-electron chi connectivity index (χ3n) is 6.02. The Balaban J connectivity index is 0.00000153. The zero-order valence-corrected chi connectivity index (χ0v) is 24.7. The third-order valence-corrected chi connectivity index (χ3v) is 33.0. The van der Waals surface area contributed by atoms with Crippen molar-refractivity contribution in [3.05, 3.63) is 132 Å². The van der Waals surface area contributed by atoms with Gasteiger partial charge in [0.05, 0.1) is 0 Å². The van der Waals surface area contributed by atoms with E-state index in [1.165, 1.54) is 22.4 Å². The molecule has 165 valence electrons. The number of fused-ring (bicyclic) bond motifs is 1. The van der Waals surface area contributed by atoms with Crippen molar-refractivity contribution in [3.63, 3.8) is 0 Å². The van der Waals surface area contributed by atoms with Gasteiger partial charge >= 0.3 is 195 Å².